The summed E-state index contributed by atoms with van der Waals surface area (Å²) in [5, 5.41) is 6.30. The lowest BCUT2D eigenvalue weighted by Crippen LogP contribution is -2.29. The number of hydrogen-bond donors (Lipinski definition) is 2. The van der Waals surface area contributed by atoms with Crippen molar-refractivity contribution >= 4 is 17.3 Å². The molecule has 0 bridgehead atoms. The van der Waals surface area contributed by atoms with Crippen LogP contribution in [0, 0.1) is 0 Å². The molecule has 1 aliphatic rings. The molecule has 0 aromatic heterocycles. The number of benzene rings is 1. The number of carbonyl (C=O) groups is 1. The highest BCUT2D eigenvalue weighted by atomic mass is 16.5. The molecule has 1 amide bonds. The van der Waals surface area contributed by atoms with Gasteiger partial charge in [-0.15, -0.1) is 0 Å². The second-order valence-corrected chi connectivity index (χ2v) is 4.79. The molecule has 1 aliphatic heterocycles. The first-order valence-electron chi connectivity index (χ1n) is 6.32. The van der Waals surface area contributed by atoms with E-state index in [9.17, 15) is 4.79 Å². The van der Waals surface area contributed by atoms with Crippen LogP contribution in [0.5, 0.6) is 0 Å². The maximum atomic E-state index is 11.3. The summed E-state index contributed by atoms with van der Waals surface area (Å²) in [7, 11) is 1.71. The third-order valence-corrected chi connectivity index (χ3v) is 3.47. The zero-order chi connectivity index (χ0) is 13.1. The third-order valence-electron chi connectivity index (χ3n) is 3.47. The van der Waals surface area contributed by atoms with Gasteiger partial charge >= 0.3 is 0 Å². The molecule has 0 aliphatic carbocycles. The van der Waals surface area contributed by atoms with Crippen molar-refractivity contribution in [1.82, 2.24) is 0 Å². The van der Waals surface area contributed by atoms with Gasteiger partial charge in [-0.2, -0.15) is 0 Å². The molecule has 18 heavy (non-hydrogen) atoms. The zero-order valence-electron chi connectivity index (χ0n) is 11.1. The molecule has 0 saturated carbocycles. The van der Waals surface area contributed by atoms with Gasteiger partial charge in [0, 0.05) is 30.9 Å². The Morgan fingerprint density at radius 1 is 1.33 bits per heavy atom. The van der Waals surface area contributed by atoms with Gasteiger partial charge in [0.05, 0.1) is 6.10 Å². The van der Waals surface area contributed by atoms with Crippen LogP contribution in [-0.4, -0.2) is 25.2 Å². The highest BCUT2D eigenvalue weighted by molar-refractivity contribution is 5.94. The zero-order valence-corrected chi connectivity index (χ0v) is 11.1. The molecule has 0 radical (unpaired) electrons. The lowest BCUT2D eigenvalue weighted by Gasteiger charge is -2.23. The number of ether oxygens (including phenoxy) is 1. The van der Waals surface area contributed by atoms with Crippen LogP contribution in [0.15, 0.2) is 18.2 Å². The quantitative estimate of drug-likeness (QED) is 0.860. The van der Waals surface area contributed by atoms with Crippen molar-refractivity contribution in [2.24, 2.45) is 0 Å². The van der Waals surface area contributed by atoms with Crippen molar-refractivity contribution in [3.05, 3.63) is 23.8 Å². The van der Waals surface area contributed by atoms with E-state index in [2.05, 4.69) is 23.6 Å². The Morgan fingerprint density at radius 3 is 2.83 bits per heavy atom. The van der Waals surface area contributed by atoms with Crippen LogP contribution in [-0.2, 0) is 16.0 Å². The van der Waals surface area contributed by atoms with E-state index in [1.54, 1.807) is 7.11 Å². The monoisotopic (exact) mass is 248 g/mol. The number of hydrogen-bond acceptors (Lipinski definition) is 3. The molecule has 0 saturated heterocycles. The SMILES string of the molecule is COC(C)C(C)Nc1ccc2c(c1)CCC(=O)N2. The molecular weight excluding hydrogens is 228 g/mol. The Balaban J connectivity index is 2.09. The smallest absolute Gasteiger partial charge is 0.224 e. The van der Waals surface area contributed by atoms with E-state index in [0.717, 1.165) is 17.8 Å². The number of aryl methyl sites for hydroxylation is 1. The summed E-state index contributed by atoms with van der Waals surface area (Å²) in [6.07, 6.45) is 1.53. The number of nitrogens with one attached hydrogen (secondary N) is 2. The first-order chi connectivity index (χ1) is 8.60. The molecule has 2 rings (SSSR count). The van der Waals surface area contributed by atoms with Gasteiger partial charge < -0.3 is 15.4 Å². The number of fused-ring (bicyclic) bond motifs is 1. The standard InChI is InChI=1S/C14H20N2O2/c1-9(10(2)18-3)15-12-5-6-13-11(8-12)4-7-14(17)16-13/h5-6,8-10,15H,4,7H2,1-3H3,(H,16,17). The van der Waals surface area contributed by atoms with E-state index in [1.165, 1.54) is 5.56 Å². The van der Waals surface area contributed by atoms with Gasteiger partial charge in [0.2, 0.25) is 5.91 Å². The van der Waals surface area contributed by atoms with Crippen LogP contribution in [0.3, 0.4) is 0 Å². The van der Waals surface area contributed by atoms with Gasteiger partial charge in [0.1, 0.15) is 0 Å². The average molecular weight is 248 g/mol. The largest absolute Gasteiger partial charge is 0.380 e. The Hall–Kier alpha value is -1.55. The maximum absolute atomic E-state index is 11.3. The van der Waals surface area contributed by atoms with Gasteiger partial charge in [0.15, 0.2) is 0 Å². The van der Waals surface area contributed by atoms with Crippen LogP contribution < -0.4 is 10.6 Å². The number of rotatable bonds is 4. The molecule has 98 valence electrons. The summed E-state index contributed by atoms with van der Waals surface area (Å²) < 4.78 is 5.29. The summed E-state index contributed by atoms with van der Waals surface area (Å²) in [4.78, 5) is 11.3. The van der Waals surface area contributed by atoms with Crippen LogP contribution in [0.25, 0.3) is 0 Å². The third kappa shape index (κ3) is 2.82. The van der Waals surface area contributed by atoms with E-state index in [1.807, 2.05) is 19.1 Å². The number of methoxy groups -OCH3 is 1. The Kier molecular flexibility index (Phi) is 3.87. The van der Waals surface area contributed by atoms with Gasteiger partial charge in [-0.3, -0.25) is 4.79 Å². The lowest BCUT2D eigenvalue weighted by molar-refractivity contribution is -0.116. The minimum absolute atomic E-state index is 0.101. The summed E-state index contributed by atoms with van der Waals surface area (Å²) in [5.41, 5.74) is 3.20. The molecule has 2 atom stereocenters. The van der Waals surface area contributed by atoms with Crippen molar-refractivity contribution in [2.45, 2.75) is 38.8 Å². The average Bonchev–Trinajstić information content (AvgIpc) is 2.38. The molecule has 2 unspecified atom stereocenters. The topological polar surface area (TPSA) is 50.4 Å². The summed E-state index contributed by atoms with van der Waals surface area (Å²) in [6.45, 7) is 4.13. The van der Waals surface area contributed by atoms with E-state index < -0.39 is 0 Å². The highest BCUT2D eigenvalue weighted by Crippen LogP contribution is 2.26. The second kappa shape index (κ2) is 5.40. The fourth-order valence-corrected chi connectivity index (χ4v) is 2.06. The number of carbonyl (C=O) groups excluding carboxylic acids is 1. The van der Waals surface area contributed by atoms with Crippen LogP contribution in [0.1, 0.15) is 25.8 Å². The van der Waals surface area contributed by atoms with E-state index in [0.29, 0.717) is 6.42 Å². The molecule has 4 heteroatoms. The number of anilines is 2. The van der Waals surface area contributed by atoms with Gasteiger partial charge in [0.25, 0.3) is 0 Å². The molecule has 1 aromatic rings. The normalized spacial score (nSPS) is 17.6. The fourth-order valence-electron chi connectivity index (χ4n) is 2.06. The summed E-state index contributed by atoms with van der Waals surface area (Å²) in [6, 6.07) is 6.29. The van der Waals surface area contributed by atoms with Crippen molar-refractivity contribution in [1.29, 1.82) is 0 Å². The fraction of sp³-hybridized carbons (Fsp3) is 0.500. The van der Waals surface area contributed by atoms with Crippen molar-refractivity contribution in [3.8, 4) is 0 Å². The lowest BCUT2D eigenvalue weighted by atomic mass is 10.0. The van der Waals surface area contributed by atoms with E-state index in [-0.39, 0.29) is 18.1 Å². The molecule has 4 nitrogen and oxygen atoms in total. The minimum atomic E-state index is 0.101. The highest BCUT2D eigenvalue weighted by Gasteiger charge is 2.16. The first-order valence-corrected chi connectivity index (χ1v) is 6.32. The van der Waals surface area contributed by atoms with E-state index >= 15 is 0 Å². The van der Waals surface area contributed by atoms with Gasteiger partial charge in [-0.05, 0) is 44.0 Å². The number of amides is 1. The molecule has 2 N–H and O–H groups in total. The maximum Gasteiger partial charge on any atom is 0.224 e. The van der Waals surface area contributed by atoms with Gasteiger partial charge in [-0.25, -0.2) is 0 Å². The predicted octanol–water partition coefficient (Wildman–Crippen LogP) is 2.41. The molecule has 0 spiro atoms. The summed E-state index contributed by atoms with van der Waals surface area (Å²) >= 11 is 0. The van der Waals surface area contributed by atoms with Crippen molar-refractivity contribution in [3.63, 3.8) is 0 Å². The molecule has 1 aromatic carbocycles. The Labute approximate surface area is 108 Å². The summed E-state index contributed by atoms with van der Waals surface area (Å²) in [5.74, 6) is 0.101. The molecule has 0 fully saturated rings. The van der Waals surface area contributed by atoms with E-state index in [4.69, 9.17) is 4.74 Å². The second-order valence-electron chi connectivity index (χ2n) is 4.79. The first kappa shape index (κ1) is 12.9. The minimum Gasteiger partial charge on any atom is -0.380 e. The van der Waals surface area contributed by atoms with Crippen LogP contribution >= 0.6 is 0 Å². The Bertz CT molecular complexity index is 445. The molecule has 1 heterocycles. The van der Waals surface area contributed by atoms with Crippen molar-refractivity contribution < 1.29 is 9.53 Å². The van der Waals surface area contributed by atoms with Crippen LogP contribution in [0.4, 0.5) is 11.4 Å². The van der Waals surface area contributed by atoms with Crippen molar-refractivity contribution in [2.75, 3.05) is 17.7 Å². The predicted molar refractivity (Wildman–Crippen MR) is 72.9 cm³/mol. The van der Waals surface area contributed by atoms with Crippen LogP contribution in [0.2, 0.25) is 0 Å². The molecular formula is C14H20N2O2. The van der Waals surface area contributed by atoms with Gasteiger partial charge in [-0.1, -0.05) is 0 Å². The Morgan fingerprint density at radius 2 is 2.11 bits per heavy atom.